The number of fused-ring (bicyclic) bond motifs is 1. The van der Waals surface area contributed by atoms with E-state index in [1.54, 1.807) is 18.3 Å². The Bertz CT molecular complexity index is 713. The molecule has 0 atom stereocenters. The van der Waals surface area contributed by atoms with Crippen molar-refractivity contribution >= 4 is 50.1 Å². The van der Waals surface area contributed by atoms with Gasteiger partial charge in [-0.15, -0.1) is 0 Å². The van der Waals surface area contributed by atoms with Crippen molar-refractivity contribution in [2.45, 2.75) is 0 Å². The molecule has 0 bridgehead atoms. The normalized spacial score (nSPS) is 10.8. The van der Waals surface area contributed by atoms with Crippen LogP contribution in [-0.4, -0.2) is 10.1 Å². The highest BCUT2D eigenvalue weighted by molar-refractivity contribution is 9.10. The Morgan fingerprint density at radius 3 is 3.00 bits per heavy atom. The van der Waals surface area contributed by atoms with E-state index in [-0.39, 0.29) is 0 Å². The zero-order valence-electron chi connectivity index (χ0n) is 9.02. The molecule has 0 saturated carbocycles. The van der Waals surface area contributed by atoms with E-state index in [4.69, 9.17) is 16.1 Å². The molecule has 6 heteroatoms. The molecule has 0 unspecified atom stereocenters. The lowest BCUT2D eigenvalue weighted by atomic mass is 10.3. The van der Waals surface area contributed by atoms with Crippen molar-refractivity contribution in [1.29, 1.82) is 0 Å². The molecule has 0 saturated heterocycles. The number of benzene rings is 1. The Balaban J connectivity index is 1.98. The van der Waals surface area contributed by atoms with Crippen LogP contribution in [0.25, 0.3) is 11.1 Å². The number of rotatable bonds is 2. The molecule has 0 amide bonds. The first-order valence-electron chi connectivity index (χ1n) is 5.16. The Morgan fingerprint density at radius 1 is 1.28 bits per heavy atom. The summed E-state index contributed by atoms with van der Waals surface area (Å²) in [5.74, 6) is 0.573. The quantitative estimate of drug-likeness (QED) is 0.760. The molecule has 3 aromatic rings. The van der Waals surface area contributed by atoms with Gasteiger partial charge in [0.1, 0.15) is 0 Å². The molecule has 2 aromatic heterocycles. The van der Waals surface area contributed by atoms with Crippen molar-refractivity contribution in [3.8, 4) is 0 Å². The third-order valence-corrected chi connectivity index (χ3v) is 3.65. The average molecular weight is 325 g/mol. The van der Waals surface area contributed by atoms with Crippen LogP contribution >= 0.6 is 27.5 Å². The monoisotopic (exact) mass is 323 g/mol. The molecule has 18 heavy (non-hydrogen) atoms. The number of nitrogens with one attached hydrogen (secondary N) is 1. The maximum Gasteiger partial charge on any atom is 0.200 e. The maximum atomic E-state index is 6.03. The molecule has 0 spiro atoms. The summed E-state index contributed by atoms with van der Waals surface area (Å²) in [6.45, 7) is 0. The molecule has 0 aliphatic carbocycles. The molecule has 1 N–H and O–H groups in total. The van der Waals surface area contributed by atoms with Crippen molar-refractivity contribution in [3.05, 3.63) is 46.0 Å². The van der Waals surface area contributed by atoms with Crippen molar-refractivity contribution < 1.29 is 4.52 Å². The second-order valence-corrected chi connectivity index (χ2v) is 4.90. The number of aromatic nitrogens is 2. The molecule has 0 fully saturated rings. The van der Waals surface area contributed by atoms with E-state index < -0.39 is 0 Å². The molecular weight excluding hydrogens is 318 g/mol. The minimum atomic E-state index is 0.573. The van der Waals surface area contributed by atoms with E-state index >= 15 is 0 Å². The molecular formula is C12H7BrClN3O. The summed E-state index contributed by atoms with van der Waals surface area (Å²) in [5.41, 5.74) is 2.16. The predicted molar refractivity (Wildman–Crippen MR) is 74.2 cm³/mol. The highest BCUT2D eigenvalue weighted by atomic mass is 79.9. The second-order valence-electron chi connectivity index (χ2n) is 3.64. The van der Waals surface area contributed by atoms with Gasteiger partial charge in [0, 0.05) is 16.4 Å². The van der Waals surface area contributed by atoms with Gasteiger partial charge in [-0.1, -0.05) is 16.8 Å². The lowest BCUT2D eigenvalue weighted by Crippen LogP contribution is -1.91. The highest BCUT2D eigenvalue weighted by Gasteiger charge is 2.09. The van der Waals surface area contributed by atoms with Gasteiger partial charge in [0.2, 0.25) is 0 Å². The lowest BCUT2D eigenvalue weighted by molar-refractivity contribution is 0.460. The number of pyridine rings is 1. The van der Waals surface area contributed by atoms with Gasteiger partial charge in [0.05, 0.1) is 5.02 Å². The summed E-state index contributed by atoms with van der Waals surface area (Å²) in [4.78, 5) is 4.22. The van der Waals surface area contributed by atoms with Gasteiger partial charge in [-0.05, 0) is 46.3 Å². The fourth-order valence-electron chi connectivity index (χ4n) is 1.57. The average Bonchev–Trinajstić information content (AvgIpc) is 2.78. The highest BCUT2D eigenvalue weighted by Crippen LogP contribution is 2.28. The van der Waals surface area contributed by atoms with E-state index in [2.05, 4.69) is 31.4 Å². The van der Waals surface area contributed by atoms with Crippen LogP contribution in [0.2, 0.25) is 5.02 Å². The molecule has 0 aliphatic rings. The molecule has 2 heterocycles. The van der Waals surface area contributed by atoms with Crippen molar-refractivity contribution in [1.82, 2.24) is 10.1 Å². The van der Waals surface area contributed by atoms with Gasteiger partial charge in [-0.3, -0.25) is 0 Å². The Morgan fingerprint density at radius 2 is 2.17 bits per heavy atom. The van der Waals surface area contributed by atoms with Gasteiger partial charge in [0.25, 0.3) is 0 Å². The fraction of sp³-hybridized carbons (Fsp3) is 0. The summed E-state index contributed by atoms with van der Waals surface area (Å²) in [7, 11) is 0. The molecule has 1 aromatic carbocycles. The van der Waals surface area contributed by atoms with E-state index in [1.807, 2.05) is 18.2 Å². The Hall–Kier alpha value is -1.59. The number of anilines is 2. The van der Waals surface area contributed by atoms with Gasteiger partial charge in [0.15, 0.2) is 16.9 Å². The van der Waals surface area contributed by atoms with Crippen LogP contribution in [0.4, 0.5) is 11.5 Å². The van der Waals surface area contributed by atoms with E-state index in [0.717, 1.165) is 10.2 Å². The summed E-state index contributed by atoms with van der Waals surface area (Å²) in [6.07, 6.45) is 1.69. The number of nitrogens with zero attached hydrogens (tertiary/aromatic N) is 2. The third kappa shape index (κ3) is 2.07. The summed E-state index contributed by atoms with van der Waals surface area (Å²) >= 11 is 9.37. The summed E-state index contributed by atoms with van der Waals surface area (Å²) < 4.78 is 6.00. The summed E-state index contributed by atoms with van der Waals surface area (Å²) in [6, 6.07) is 9.16. The first-order chi connectivity index (χ1) is 8.74. The fourth-order valence-corrected chi connectivity index (χ4v) is 2.00. The van der Waals surface area contributed by atoms with Gasteiger partial charge < -0.3 is 9.84 Å². The van der Waals surface area contributed by atoms with Crippen LogP contribution < -0.4 is 5.32 Å². The van der Waals surface area contributed by atoms with Crippen LogP contribution in [0.3, 0.4) is 0 Å². The number of halogens is 2. The molecule has 3 rings (SSSR count). The second kappa shape index (κ2) is 4.59. The number of hydrogen-bond donors (Lipinski definition) is 1. The van der Waals surface area contributed by atoms with Gasteiger partial charge >= 0.3 is 0 Å². The third-order valence-electron chi connectivity index (χ3n) is 2.41. The van der Waals surface area contributed by atoms with Crippen molar-refractivity contribution in [3.63, 3.8) is 0 Å². The van der Waals surface area contributed by atoms with Crippen LogP contribution in [0.5, 0.6) is 0 Å². The first-order valence-corrected chi connectivity index (χ1v) is 6.33. The smallest absolute Gasteiger partial charge is 0.200 e. The van der Waals surface area contributed by atoms with E-state index in [0.29, 0.717) is 21.9 Å². The molecule has 4 nitrogen and oxygen atoms in total. The molecule has 0 radical (unpaired) electrons. The first kappa shape index (κ1) is 11.5. The predicted octanol–water partition coefficient (Wildman–Crippen LogP) is 4.38. The van der Waals surface area contributed by atoms with Crippen LogP contribution in [0, 0.1) is 0 Å². The van der Waals surface area contributed by atoms with E-state index in [9.17, 15) is 0 Å². The van der Waals surface area contributed by atoms with Gasteiger partial charge in [-0.25, -0.2) is 4.98 Å². The SMILES string of the molecule is Clc1cc(Nc2noc3cccnc23)ccc1Br. The van der Waals surface area contributed by atoms with Crippen LogP contribution in [0.1, 0.15) is 0 Å². The Kier molecular flexibility index (Phi) is 2.93. The zero-order chi connectivity index (χ0) is 12.5. The zero-order valence-corrected chi connectivity index (χ0v) is 11.4. The minimum absolute atomic E-state index is 0.573. The van der Waals surface area contributed by atoms with E-state index in [1.165, 1.54) is 0 Å². The topological polar surface area (TPSA) is 51.0 Å². The summed E-state index contributed by atoms with van der Waals surface area (Å²) in [5, 5.41) is 7.69. The number of hydrogen-bond acceptors (Lipinski definition) is 4. The van der Waals surface area contributed by atoms with Crippen LogP contribution in [-0.2, 0) is 0 Å². The minimum Gasteiger partial charge on any atom is -0.352 e. The van der Waals surface area contributed by atoms with Crippen molar-refractivity contribution in [2.24, 2.45) is 0 Å². The maximum absolute atomic E-state index is 6.03. The molecule has 90 valence electrons. The van der Waals surface area contributed by atoms with Crippen molar-refractivity contribution in [2.75, 3.05) is 5.32 Å². The largest absolute Gasteiger partial charge is 0.352 e. The van der Waals surface area contributed by atoms with Gasteiger partial charge in [-0.2, -0.15) is 0 Å². The van der Waals surface area contributed by atoms with Crippen LogP contribution in [0.15, 0.2) is 45.5 Å². The Labute approximate surface area is 116 Å². The molecule has 0 aliphatic heterocycles. The standard InChI is InChI=1S/C12H7BrClN3O/c13-8-4-3-7(6-9(8)14)16-12-11-10(18-17-12)2-1-5-15-11/h1-6H,(H,16,17). The lowest BCUT2D eigenvalue weighted by Gasteiger charge is -2.03.